The highest BCUT2D eigenvalue weighted by atomic mass is 32.2. The Kier molecular flexibility index (Phi) is 6.77. The molecule has 3 atom stereocenters. The molecule has 4 nitrogen and oxygen atoms in total. The standard InChI is InChI=1S/C10H20O4S2/c1-6(16-4-7(11)12)8(13)9(14)10(2,3)5-15/h6,8-9,13-15H,4-5H2,1-3H3,(H,11,12). The van der Waals surface area contributed by atoms with Gasteiger partial charge in [-0.15, -0.1) is 11.8 Å². The first-order valence-electron chi connectivity index (χ1n) is 5.02. The summed E-state index contributed by atoms with van der Waals surface area (Å²) in [4.78, 5) is 10.4. The second-order valence-corrected chi connectivity index (χ2v) is 6.17. The molecule has 0 amide bonds. The van der Waals surface area contributed by atoms with Gasteiger partial charge in [0.15, 0.2) is 0 Å². The van der Waals surface area contributed by atoms with Gasteiger partial charge in [0, 0.05) is 10.7 Å². The van der Waals surface area contributed by atoms with E-state index in [-0.39, 0.29) is 11.0 Å². The van der Waals surface area contributed by atoms with Crippen LogP contribution in [0.15, 0.2) is 0 Å². The summed E-state index contributed by atoms with van der Waals surface area (Å²) in [6.07, 6.45) is -1.87. The summed E-state index contributed by atoms with van der Waals surface area (Å²) in [7, 11) is 0. The third-order valence-corrected chi connectivity index (χ3v) is 4.52. The van der Waals surface area contributed by atoms with Crippen LogP contribution in [0.4, 0.5) is 0 Å². The van der Waals surface area contributed by atoms with Gasteiger partial charge < -0.3 is 15.3 Å². The molecule has 0 saturated carbocycles. The van der Waals surface area contributed by atoms with Crippen molar-refractivity contribution >= 4 is 30.4 Å². The second-order valence-electron chi connectivity index (χ2n) is 4.49. The van der Waals surface area contributed by atoms with Crippen molar-refractivity contribution < 1.29 is 20.1 Å². The van der Waals surface area contributed by atoms with Crippen molar-refractivity contribution in [1.29, 1.82) is 0 Å². The van der Waals surface area contributed by atoms with Crippen LogP contribution in [-0.2, 0) is 4.79 Å². The van der Waals surface area contributed by atoms with Crippen LogP contribution in [0.5, 0.6) is 0 Å². The van der Waals surface area contributed by atoms with Crippen molar-refractivity contribution in [3.63, 3.8) is 0 Å². The van der Waals surface area contributed by atoms with Gasteiger partial charge in [0.1, 0.15) is 0 Å². The maximum atomic E-state index is 10.4. The van der Waals surface area contributed by atoms with E-state index < -0.39 is 23.6 Å². The summed E-state index contributed by atoms with van der Waals surface area (Å²) in [5.41, 5.74) is -0.499. The molecule has 0 bridgehead atoms. The van der Waals surface area contributed by atoms with Gasteiger partial charge in [0.05, 0.1) is 18.0 Å². The number of aliphatic carboxylic acids is 1. The van der Waals surface area contributed by atoms with E-state index in [0.29, 0.717) is 5.75 Å². The summed E-state index contributed by atoms with van der Waals surface area (Å²) < 4.78 is 0. The number of thioether (sulfide) groups is 1. The van der Waals surface area contributed by atoms with Gasteiger partial charge in [0.2, 0.25) is 0 Å². The Balaban J connectivity index is 4.31. The van der Waals surface area contributed by atoms with Gasteiger partial charge in [-0.1, -0.05) is 20.8 Å². The van der Waals surface area contributed by atoms with Crippen molar-refractivity contribution in [3.05, 3.63) is 0 Å². The fourth-order valence-electron chi connectivity index (χ4n) is 1.11. The van der Waals surface area contributed by atoms with Crippen LogP contribution in [-0.4, -0.2) is 50.3 Å². The lowest BCUT2D eigenvalue weighted by Crippen LogP contribution is -2.45. The zero-order chi connectivity index (χ0) is 12.9. The predicted molar refractivity (Wildman–Crippen MR) is 69.2 cm³/mol. The van der Waals surface area contributed by atoms with E-state index >= 15 is 0 Å². The third kappa shape index (κ3) is 4.95. The van der Waals surface area contributed by atoms with Crippen LogP contribution in [0.1, 0.15) is 20.8 Å². The molecule has 0 aliphatic rings. The Bertz CT molecular complexity index is 233. The first-order chi connectivity index (χ1) is 7.22. The van der Waals surface area contributed by atoms with Crippen LogP contribution >= 0.6 is 24.4 Å². The van der Waals surface area contributed by atoms with Gasteiger partial charge in [-0.05, 0) is 5.75 Å². The Hall–Kier alpha value is 0.0900. The number of carbonyl (C=O) groups is 1. The minimum Gasteiger partial charge on any atom is -0.481 e. The number of hydrogen-bond donors (Lipinski definition) is 4. The fourth-order valence-corrected chi connectivity index (χ4v) is 2.05. The van der Waals surface area contributed by atoms with Gasteiger partial charge in [-0.25, -0.2) is 0 Å². The van der Waals surface area contributed by atoms with Crippen LogP contribution in [0.3, 0.4) is 0 Å². The average molecular weight is 268 g/mol. The molecule has 0 heterocycles. The number of rotatable bonds is 7. The van der Waals surface area contributed by atoms with E-state index in [0.717, 1.165) is 11.8 Å². The monoisotopic (exact) mass is 268 g/mol. The zero-order valence-electron chi connectivity index (χ0n) is 9.75. The molecule has 0 saturated heterocycles. The maximum Gasteiger partial charge on any atom is 0.313 e. The van der Waals surface area contributed by atoms with E-state index in [4.69, 9.17) is 5.11 Å². The number of carboxylic acids is 1. The van der Waals surface area contributed by atoms with Crippen LogP contribution in [0.2, 0.25) is 0 Å². The smallest absolute Gasteiger partial charge is 0.313 e. The van der Waals surface area contributed by atoms with Crippen molar-refractivity contribution in [2.45, 2.75) is 38.2 Å². The quantitative estimate of drug-likeness (QED) is 0.515. The molecule has 96 valence electrons. The summed E-state index contributed by atoms with van der Waals surface area (Å²) in [6, 6.07) is 0. The van der Waals surface area contributed by atoms with Crippen LogP contribution in [0, 0.1) is 5.41 Å². The Morgan fingerprint density at radius 3 is 2.31 bits per heavy atom. The number of carboxylic acid groups (broad SMARTS) is 1. The van der Waals surface area contributed by atoms with E-state index in [9.17, 15) is 15.0 Å². The fraction of sp³-hybridized carbons (Fsp3) is 0.900. The SMILES string of the molecule is CC(SCC(=O)O)C(O)C(O)C(C)(C)CS. The largest absolute Gasteiger partial charge is 0.481 e. The Labute approximate surface area is 106 Å². The predicted octanol–water partition coefficient (Wildman–Crippen LogP) is 0.870. The maximum absolute atomic E-state index is 10.4. The van der Waals surface area contributed by atoms with Crippen molar-refractivity contribution in [2.75, 3.05) is 11.5 Å². The highest BCUT2D eigenvalue weighted by molar-refractivity contribution is 8.00. The van der Waals surface area contributed by atoms with Gasteiger partial charge in [0.25, 0.3) is 0 Å². The summed E-state index contributed by atoms with van der Waals surface area (Å²) in [6.45, 7) is 5.32. The molecule has 0 aliphatic heterocycles. The molecular formula is C10H20O4S2. The number of thiol groups is 1. The summed E-state index contributed by atoms with van der Waals surface area (Å²) in [5, 5.41) is 28.0. The van der Waals surface area contributed by atoms with E-state index in [1.807, 2.05) is 13.8 Å². The zero-order valence-corrected chi connectivity index (χ0v) is 11.5. The molecule has 16 heavy (non-hydrogen) atoms. The number of hydrogen-bond acceptors (Lipinski definition) is 5. The molecule has 0 aromatic heterocycles. The normalized spacial score (nSPS) is 17.9. The Morgan fingerprint density at radius 2 is 1.94 bits per heavy atom. The molecule has 0 aliphatic carbocycles. The van der Waals surface area contributed by atoms with Gasteiger partial charge in [-0.3, -0.25) is 4.79 Å². The van der Waals surface area contributed by atoms with Crippen LogP contribution < -0.4 is 0 Å². The molecule has 0 fully saturated rings. The molecule has 0 aromatic carbocycles. The highest BCUT2D eigenvalue weighted by Crippen LogP contribution is 2.28. The van der Waals surface area contributed by atoms with Crippen molar-refractivity contribution in [3.8, 4) is 0 Å². The lowest BCUT2D eigenvalue weighted by Gasteiger charge is -2.34. The lowest BCUT2D eigenvalue weighted by atomic mass is 9.84. The topological polar surface area (TPSA) is 77.8 Å². The second kappa shape index (κ2) is 6.74. The van der Waals surface area contributed by atoms with Gasteiger partial charge in [-0.2, -0.15) is 12.6 Å². The van der Waals surface area contributed by atoms with E-state index in [2.05, 4.69) is 12.6 Å². The Morgan fingerprint density at radius 1 is 1.44 bits per heavy atom. The summed E-state index contributed by atoms with van der Waals surface area (Å²) >= 11 is 5.23. The third-order valence-electron chi connectivity index (χ3n) is 2.48. The first-order valence-corrected chi connectivity index (χ1v) is 6.71. The first kappa shape index (κ1) is 16.1. The molecule has 3 unspecified atom stereocenters. The van der Waals surface area contributed by atoms with Crippen LogP contribution in [0.25, 0.3) is 0 Å². The van der Waals surface area contributed by atoms with Crippen molar-refractivity contribution in [1.82, 2.24) is 0 Å². The molecule has 0 spiro atoms. The summed E-state index contributed by atoms with van der Waals surface area (Å²) in [5.74, 6) is -0.555. The minimum absolute atomic E-state index is 0.0771. The highest BCUT2D eigenvalue weighted by Gasteiger charge is 2.35. The van der Waals surface area contributed by atoms with E-state index in [1.165, 1.54) is 0 Å². The van der Waals surface area contributed by atoms with Crippen molar-refractivity contribution in [2.24, 2.45) is 5.41 Å². The molecule has 0 aromatic rings. The molecule has 6 heteroatoms. The van der Waals surface area contributed by atoms with Gasteiger partial charge >= 0.3 is 5.97 Å². The average Bonchev–Trinajstić information content (AvgIpc) is 2.23. The number of aliphatic hydroxyl groups is 2. The molecule has 0 radical (unpaired) electrons. The van der Waals surface area contributed by atoms with E-state index in [1.54, 1.807) is 6.92 Å². The molecule has 0 rings (SSSR count). The molecule has 3 N–H and O–H groups in total. The molecular weight excluding hydrogens is 248 g/mol. The minimum atomic E-state index is -0.952. The number of aliphatic hydroxyl groups excluding tert-OH is 2. The lowest BCUT2D eigenvalue weighted by molar-refractivity contribution is -0.133.